The highest BCUT2D eigenvalue weighted by Crippen LogP contribution is 2.36. The van der Waals surface area contributed by atoms with E-state index in [2.05, 4.69) is 16.6 Å². The lowest BCUT2D eigenvalue weighted by Crippen LogP contribution is -2.23. The molecule has 0 radical (unpaired) electrons. The number of aryl methyl sites for hydroxylation is 1. The number of rotatable bonds is 3. The molecule has 0 amide bonds. The average molecular weight is 329 g/mol. The lowest BCUT2D eigenvalue weighted by atomic mass is 10.1. The van der Waals surface area contributed by atoms with Crippen molar-refractivity contribution in [3.05, 3.63) is 34.5 Å². The predicted octanol–water partition coefficient (Wildman–Crippen LogP) is 3.03. The molecule has 23 heavy (non-hydrogen) atoms. The molecule has 0 saturated carbocycles. The van der Waals surface area contributed by atoms with Crippen molar-refractivity contribution in [2.45, 2.75) is 19.9 Å². The van der Waals surface area contributed by atoms with E-state index in [0.29, 0.717) is 0 Å². The largest absolute Gasteiger partial charge is 0.493 e. The van der Waals surface area contributed by atoms with Crippen molar-refractivity contribution >= 4 is 16.3 Å². The van der Waals surface area contributed by atoms with Crippen LogP contribution in [-0.2, 0) is 13.0 Å². The van der Waals surface area contributed by atoms with E-state index in [-0.39, 0.29) is 0 Å². The summed E-state index contributed by atoms with van der Waals surface area (Å²) in [5.41, 5.74) is 4.66. The summed E-state index contributed by atoms with van der Waals surface area (Å²) >= 11 is 1.78. The van der Waals surface area contributed by atoms with E-state index < -0.39 is 0 Å². The van der Waals surface area contributed by atoms with Gasteiger partial charge in [0.15, 0.2) is 16.5 Å². The van der Waals surface area contributed by atoms with Crippen LogP contribution in [0.3, 0.4) is 0 Å². The summed E-state index contributed by atoms with van der Waals surface area (Å²) < 4.78 is 13.1. The fraction of sp³-hybridized carbons (Fsp3) is 0.353. The first-order valence-electron chi connectivity index (χ1n) is 7.65. The van der Waals surface area contributed by atoms with E-state index in [1.54, 1.807) is 25.6 Å². The summed E-state index contributed by atoms with van der Waals surface area (Å²) in [4.78, 5) is 7.35. The Kier molecular flexibility index (Phi) is 3.50. The second kappa shape index (κ2) is 5.54. The molecule has 1 aromatic carbocycles. The van der Waals surface area contributed by atoms with Gasteiger partial charge in [0.05, 0.1) is 19.9 Å². The Labute approximate surface area is 138 Å². The van der Waals surface area contributed by atoms with Gasteiger partial charge in [-0.15, -0.1) is 0 Å². The topological polar surface area (TPSA) is 47.8 Å². The van der Waals surface area contributed by atoms with E-state index in [0.717, 1.165) is 47.2 Å². The van der Waals surface area contributed by atoms with Crippen molar-refractivity contribution in [3.63, 3.8) is 0 Å². The van der Waals surface area contributed by atoms with Crippen LogP contribution in [0.1, 0.15) is 16.3 Å². The molecule has 1 aliphatic heterocycles. The van der Waals surface area contributed by atoms with Gasteiger partial charge in [-0.05, 0) is 25.1 Å². The van der Waals surface area contributed by atoms with Gasteiger partial charge in [-0.3, -0.25) is 4.40 Å². The number of benzene rings is 1. The fourth-order valence-electron chi connectivity index (χ4n) is 3.21. The van der Waals surface area contributed by atoms with Gasteiger partial charge in [-0.25, -0.2) is 4.98 Å². The van der Waals surface area contributed by atoms with Crippen LogP contribution >= 0.6 is 11.3 Å². The monoisotopic (exact) mass is 329 g/mol. The number of methoxy groups -OCH3 is 2. The summed E-state index contributed by atoms with van der Waals surface area (Å²) in [6, 6.07) is 5.96. The molecular weight excluding hydrogens is 310 g/mol. The highest BCUT2D eigenvalue weighted by molar-refractivity contribution is 7.17. The molecule has 1 aliphatic rings. The molecule has 3 aromatic rings. The number of nitrogens with zero attached hydrogens (tertiary/aromatic N) is 2. The van der Waals surface area contributed by atoms with E-state index in [1.165, 1.54) is 16.3 Å². The van der Waals surface area contributed by atoms with Crippen LogP contribution < -0.4 is 14.8 Å². The molecule has 4 rings (SSSR count). The molecule has 6 heteroatoms. The molecule has 0 bridgehead atoms. The third-order valence-corrected chi connectivity index (χ3v) is 5.45. The van der Waals surface area contributed by atoms with Gasteiger partial charge in [0.2, 0.25) is 0 Å². The van der Waals surface area contributed by atoms with E-state index in [4.69, 9.17) is 14.5 Å². The first kappa shape index (κ1) is 14.5. The van der Waals surface area contributed by atoms with E-state index in [1.807, 2.05) is 18.2 Å². The molecule has 120 valence electrons. The fourth-order valence-corrected chi connectivity index (χ4v) is 4.39. The van der Waals surface area contributed by atoms with Crippen molar-refractivity contribution in [2.24, 2.45) is 0 Å². The van der Waals surface area contributed by atoms with Gasteiger partial charge in [-0.1, -0.05) is 11.3 Å². The quantitative estimate of drug-likeness (QED) is 0.802. The van der Waals surface area contributed by atoms with Crippen molar-refractivity contribution in [3.8, 4) is 22.8 Å². The maximum absolute atomic E-state index is 5.42. The summed E-state index contributed by atoms with van der Waals surface area (Å²) in [5.74, 6) is 1.46. The molecule has 2 aromatic heterocycles. The van der Waals surface area contributed by atoms with Crippen LogP contribution in [0.15, 0.2) is 18.2 Å². The van der Waals surface area contributed by atoms with Crippen LogP contribution in [0.5, 0.6) is 11.5 Å². The highest BCUT2D eigenvalue weighted by atomic mass is 32.1. The van der Waals surface area contributed by atoms with Crippen molar-refractivity contribution < 1.29 is 9.47 Å². The number of thiazole rings is 1. The smallest absolute Gasteiger partial charge is 0.194 e. The molecule has 0 saturated heterocycles. The standard InChI is InChI=1S/C17H19N3O2S/c1-10-16(11-4-5-13(21-2)14(8-11)22-3)19-17-20(10)12-6-7-18-9-15(12)23-17/h4-5,8,18H,6-7,9H2,1-3H3. The maximum atomic E-state index is 5.42. The summed E-state index contributed by atoms with van der Waals surface area (Å²) in [7, 11) is 3.30. The number of hydrogen-bond acceptors (Lipinski definition) is 5. The van der Waals surface area contributed by atoms with Crippen LogP contribution in [0.2, 0.25) is 0 Å². The SMILES string of the molecule is COc1ccc(-c2nc3sc4c(n3c2C)CCNC4)cc1OC. The van der Waals surface area contributed by atoms with Crippen LogP contribution in [0.4, 0.5) is 0 Å². The average Bonchev–Trinajstić information content (AvgIpc) is 3.11. The maximum Gasteiger partial charge on any atom is 0.194 e. The number of nitrogens with one attached hydrogen (secondary N) is 1. The third kappa shape index (κ3) is 2.21. The summed E-state index contributed by atoms with van der Waals surface area (Å²) in [6.07, 6.45) is 1.05. The van der Waals surface area contributed by atoms with Gasteiger partial charge < -0.3 is 14.8 Å². The van der Waals surface area contributed by atoms with Crippen LogP contribution in [0.25, 0.3) is 16.2 Å². The molecule has 0 aliphatic carbocycles. The minimum absolute atomic E-state index is 0.729. The Balaban J connectivity index is 1.86. The Morgan fingerprint density at radius 2 is 2.04 bits per heavy atom. The highest BCUT2D eigenvalue weighted by Gasteiger charge is 2.21. The lowest BCUT2D eigenvalue weighted by molar-refractivity contribution is 0.355. The van der Waals surface area contributed by atoms with E-state index in [9.17, 15) is 0 Å². The Bertz CT molecular complexity index is 882. The number of ether oxygens (including phenoxy) is 2. The molecule has 3 heterocycles. The number of imidazole rings is 1. The second-order valence-electron chi connectivity index (χ2n) is 5.63. The van der Waals surface area contributed by atoms with Gasteiger partial charge in [-0.2, -0.15) is 0 Å². The van der Waals surface area contributed by atoms with Gasteiger partial charge >= 0.3 is 0 Å². The zero-order chi connectivity index (χ0) is 16.0. The number of hydrogen-bond donors (Lipinski definition) is 1. The molecule has 1 N–H and O–H groups in total. The molecule has 0 atom stereocenters. The number of fused-ring (bicyclic) bond motifs is 3. The predicted molar refractivity (Wildman–Crippen MR) is 91.8 cm³/mol. The Morgan fingerprint density at radius 3 is 2.83 bits per heavy atom. The molecule has 0 spiro atoms. The zero-order valence-electron chi connectivity index (χ0n) is 13.5. The first-order chi connectivity index (χ1) is 11.2. The third-order valence-electron chi connectivity index (χ3n) is 4.36. The summed E-state index contributed by atoms with van der Waals surface area (Å²) in [5, 5.41) is 3.42. The molecule has 5 nitrogen and oxygen atoms in total. The van der Waals surface area contributed by atoms with Gasteiger partial charge in [0.1, 0.15) is 0 Å². The first-order valence-corrected chi connectivity index (χ1v) is 8.47. The van der Waals surface area contributed by atoms with E-state index >= 15 is 0 Å². The minimum atomic E-state index is 0.729. The lowest BCUT2D eigenvalue weighted by Gasteiger charge is -2.13. The van der Waals surface area contributed by atoms with Crippen molar-refractivity contribution in [1.82, 2.24) is 14.7 Å². The zero-order valence-corrected chi connectivity index (χ0v) is 14.3. The van der Waals surface area contributed by atoms with Crippen LogP contribution in [0, 0.1) is 6.92 Å². The van der Waals surface area contributed by atoms with Crippen molar-refractivity contribution in [2.75, 3.05) is 20.8 Å². The molecule has 0 unspecified atom stereocenters. The molecule has 0 fully saturated rings. The Morgan fingerprint density at radius 1 is 1.22 bits per heavy atom. The van der Waals surface area contributed by atoms with Gasteiger partial charge in [0, 0.05) is 41.3 Å². The summed E-state index contributed by atoms with van der Waals surface area (Å²) in [6.45, 7) is 4.12. The second-order valence-corrected chi connectivity index (χ2v) is 6.69. The normalized spacial score (nSPS) is 14.0. The van der Waals surface area contributed by atoms with Crippen molar-refractivity contribution in [1.29, 1.82) is 0 Å². The number of aromatic nitrogens is 2. The Hall–Kier alpha value is -2.05. The molecular formula is C17H19N3O2S. The van der Waals surface area contributed by atoms with Gasteiger partial charge in [0.25, 0.3) is 0 Å². The minimum Gasteiger partial charge on any atom is -0.493 e. The van der Waals surface area contributed by atoms with Crippen LogP contribution in [-0.4, -0.2) is 30.1 Å².